The largest absolute Gasteiger partial charge is 0.355 e. The first-order valence-corrected chi connectivity index (χ1v) is 9.42. The monoisotopic (exact) mass is 332 g/mol. The molecule has 1 saturated heterocycles. The summed E-state index contributed by atoms with van der Waals surface area (Å²) in [6.45, 7) is 3.67. The van der Waals surface area contributed by atoms with E-state index in [-0.39, 0.29) is 5.75 Å². The summed E-state index contributed by atoms with van der Waals surface area (Å²) in [6.07, 6.45) is 2.39. The minimum absolute atomic E-state index is 0.0432. The van der Waals surface area contributed by atoms with E-state index < -0.39 is 10.0 Å². The van der Waals surface area contributed by atoms with Crippen molar-refractivity contribution in [1.29, 1.82) is 0 Å². The Hall–Kier alpha value is -2.15. The van der Waals surface area contributed by atoms with Gasteiger partial charge in [0.15, 0.2) is 5.82 Å². The summed E-state index contributed by atoms with van der Waals surface area (Å²) in [5.41, 5.74) is 2.10. The minimum Gasteiger partial charge on any atom is -0.355 e. The maximum atomic E-state index is 11.7. The van der Waals surface area contributed by atoms with Crippen molar-refractivity contribution in [3.63, 3.8) is 0 Å². The number of nitrogens with zero attached hydrogens (tertiary/aromatic N) is 3. The summed E-state index contributed by atoms with van der Waals surface area (Å²) in [5, 5.41) is 8.58. The molecule has 0 radical (unpaired) electrons. The summed E-state index contributed by atoms with van der Waals surface area (Å²) in [5.74, 6) is 0.941. The van der Waals surface area contributed by atoms with E-state index in [1.807, 2.05) is 18.2 Å². The number of aromatic nitrogens is 2. The van der Waals surface area contributed by atoms with Gasteiger partial charge >= 0.3 is 0 Å². The zero-order chi connectivity index (χ0) is 16.3. The van der Waals surface area contributed by atoms with Crippen molar-refractivity contribution in [2.24, 2.45) is 0 Å². The van der Waals surface area contributed by atoms with Crippen LogP contribution in [-0.4, -0.2) is 37.5 Å². The molecule has 2 heterocycles. The van der Waals surface area contributed by atoms with Crippen LogP contribution in [0.4, 0.5) is 11.5 Å². The molecule has 2 aromatic rings. The molecule has 0 bridgehead atoms. The molecule has 1 aromatic carbocycles. The molecule has 23 heavy (non-hydrogen) atoms. The van der Waals surface area contributed by atoms with Gasteiger partial charge in [0, 0.05) is 24.3 Å². The summed E-state index contributed by atoms with van der Waals surface area (Å²) < 4.78 is 25.9. The van der Waals surface area contributed by atoms with Crippen LogP contribution in [0.3, 0.4) is 0 Å². The topological polar surface area (TPSA) is 75.2 Å². The first-order valence-electron chi connectivity index (χ1n) is 7.77. The van der Waals surface area contributed by atoms with E-state index in [4.69, 9.17) is 0 Å². The van der Waals surface area contributed by atoms with Crippen molar-refractivity contribution >= 4 is 21.5 Å². The highest BCUT2D eigenvalue weighted by Crippen LogP contribution is 2.23. The number of anilines is 2. The van der Waals surface area contributed by atoms with Gasteiger partial charge < -0.3 is 4.90 Å². The highest BCUT2D eigenvalue weighted by molar-refractivity contribution is 7.92. The predicted molar refractivity (Wildman–Crippen MR) is 92.0 cm³/mol. The van der Waals surface area contributed by atoms with Crippen LogP contribution in [0.25, 0.3) is 11.3 Å². The van der Waals surface area contributed by atoms with E-state index in [1.54, 1.807) is 25.1 Å². The van der Waals surface area contributed by atoms with Crippen molar-refractivity contribution in [3.05, 3.63) is 36.4 Å². The van der Waals surface area contributed by atoms with E-state index in [1.165, 1.54) is 12.8 Å². The quantitative estimate of drug-likeness (QED) is 0.910. The molecule has 122 valence electrons. The van der Waals surface area contributed by atoms with Crippen LogP contribution < -0.4 is 9.62 Å². The number of nitrogens with one attached hydrogen (secondary N) is 1. The van der Waals surface area contributed by atoms with E-state index in [2.05, 4.69) is 19.8 Å². The molecule has 3 rings (SSSR count). The first-order chi connectivity index (χ1) is 11.1. The van der Waals surface area contributed by atoms with E-state index in [9.17, 15) is 8.42 Å². The molecule has 0 saturated carbocycles. The molecule has 0 amide bonds. The van der Waals surface area contributed by atoms with Gasteiger partial charge in [0.25, 0.3) is 0 Å². The normalized spacial score (nSPS) is 14.9. The van der Waals surface area contributed by atoms with Crippen LogP contribution in [0.15, 0.2) is 36.4 Å². The fourth-order valence-corrected chi connectivity index (χ4v) is 3.22. The molecular formula is C16H20N4O2S. The smallest absolute Gasteiger partial charge is 0.232 e. The molecule has 0 atom stereocenters. The van der Waals surface area contributed by atoms with Gasteiger partial charge in [0.1, 0.15) is 0 Å². The SMILES string of the molecule is CCS(=O)(=O)Nc1cccc(-c2ccc(N3CCCC3)nn2)c1. The van der Waals surface area contributed by atoms with E-state index in [0.29, 0.717) is 5.69 Å². The molecule has 1 aliphatic heterocycles. The Kier molecular flexibility index (Phi) is 4.47. The Morgan fingerprint density at radius 3 is 2.57 bits per heavy atom. The fourth-order valence-electron chi connectivity index (χ4n) is 2.59. The molecular weight excluding hydrogens is 312 g/mol. The van der Waals surface area contributed by atoms with Crippen LogP contribution in [-0.2, 0) is 10.0 Å². The average Bonchev–Trinajstić information content (AvgIpc) is 3.09. The Morgan fingerprint density at radius 1 is 1.13 bits per heavy atom. The Bertz CT molecular complexity index is 769. The lowest BCUT2D eigenvalue weighted by Gasteiger charge is -2.15. The van der Waals surface area contributed by atoms with Gasteiger partial charge in [-0.15, -0.1) is 10.2 Å². The van der Waals surface area contributed by atoms with E-state index in [0.717, 1.165) is 30.2 Å². The molecule has 0 spiro atoms. The Balaban J connectivity index is 1.81. The second-order valence-corrected chi connectivity index (χ2v) is 7.57. The highest BCUT2D eigenvalue weighted by Gasteiger charge is 2.14. The molecule has 1 aliphatic rings. The third-order valence-electron chi connectivity index (χ3n) is 3.89. The second-order valence-electron chi connectivity index (χ2n) is 5.56. The van der Waals surface area contributed by atoms with Crippen LogP contribution >= 0.6 is 0 Å². The van der Waals surface area contributed by atoms with Crippen molar-refractivity contribution in [1.82, 2.24) is 10.2 Å². The van der Waals surface area contributed by atoms with E-state index >= 15 is 0 Å². The lowest BCUT2D eigenvalue weighted by molar-refractivity contribution is 0.602. The molecule has 0 aliphatic carbocycles. The zero-order valence-corrected chi connectivity index (χ0v) is 13.9. The standard InChI is InChI=1S/C16H20N4O2S/c1-2-23(21,22)19-14-7-5-6-13(12-14)15-8-9-16(18-17-15)20-10-3-4-11-20/h5-9,12,19H,2-4,10-11H2,1H3. The van der Waals surface area contributed by atoms with Crippen LogP contribution in [0.2, 0.25) is 0 Å². The van der Waals surface area contributed by atoms with Crippen molar-refractivity contribution in [2.45, 2.75) is 19.8 Å². The Morgan fingerprint density at radius 2 is 1.91 bits per heavy atom. The van der Waals surface area contributed by atoms with Gasteiger partial charge in [-0.3, -0.25) is 4.72 Å². The Labute approximate surface area is 136 Å². The lowest BCUT2D eigenvalue weighted by atomic mass is 10.1. The number of sulfonamides is 1. The lowest BCUT2D eigenvalue weighted by Crippen LogP contribution is -2.19. The third-order valence-corrected chi connectivity index (χ3v) is 5.20. The molecule has 0 unspecified atom stereocenters. The third kappa shape index (κ3) is 3.79. The van der Waals surface area contributed by atoms with Crippen molar-refractivity contribution in [2.75, 3.05) is 28.5 Å². The summed E-state index contributed by atoms with van der Waals surface area (Å²) in [6, 6.07) is 11.1. The summed E-state index contributed by atoms with van der Waals surface area (Å²) >= 11 is 0. The van der Waals surface area contributed by atoms with Crippen molar-refractivity contribution in [3.8, 4) is 11.3 Å². The van der Waals surface area contributed by atoms with Gasteiger partial charge in [-0.2, -0.15) is 0 Å². The predicted octanol–water partition coefficient (Wildman–Crippen LogP) is 2.51. The molecule has 1 N–H and O–H groups in total. The fraction of sp³-hybridized carbons (Fsp3) is 0.375. The molecule has 6 nitrogen and oxygen atoms in total. The number of benzene rings is 1. The maximum Gasteiger partial charge on any atom is 0.232 e. The highest BCUT2D eigenvalue weighted by atomic mass is 32.2. The number of rotatable bonds is 5. The number of hydrogen-bond acceptors (Lipinski definition) is 5. The second kappa shape index (κ2) is 6.54. The van der Waals surface area contributed by atoms with Crippen LogP contribution in [0, 0.1) is 0 Å². The summed E-state index contributed by atoms with van der Waals surface area (Å²) in [4.78, 5) is 2.22. The van der Waals surface area contributed by atoms with Crippen LogP contribution in [0.1, 0.15) is 19.8 Å². The molecule has 7 heteroatoms. The maximum absolute atomic E-state index is 11.7. The van der Waals surface area contributed by atoms with Crippen LogP contribution in [0.5, 0.6) is 0 Å². The molecule has 1 aromatic heterocycles. The van der Waals surface area contributed by atoms with Gasteiger partial charge in [-0.25, -0.2) is 8.42 Å². The van der Waals surface area contributed by atoms with Gasteiger partial charge in [-0.1, -0.05) is 12.1 Å². The zero-order valence-electron chi connectivity index (χ0n) is 13.1. The first kappa shape index (κ1) is 15.7. The van der Waals surface area contributed by atoms with Gasteiger partial charge in [0.2, 0.25) is 10.0 Å². The van der Waals surface area contributed by atoms with Gasteiger partial charge in [-0.05, 0) is 44.0 Å². The van der Waals surface area contributed by atoms with Gasteiger partial charge in [0.05, 0.1) is 11.4 Å². The number of hydrogen-bond donors (Lipinski definition) is 1. The molecule has 1 fully saturated rings. The average molecular weight is 332 g/mol. The minimum atomic E-state index is -3.28. The summed E-state index contributed by atoms with van der Waals surface area (Å²) in [7, 11) is -3.28. The van der Waals surface area contributed by atoms with Crippen molar-refractivity contribution < 1.29 is 8.42 Å².